The Balaban J connectivity index is 1.99. The fourth-order valence-corrected chi connectivity index (χ4v) is 1.94. The first kappa shape index (κ1) is 9.29. The second-order valence-corrected chi connectivity index (χ2v) is 3.74. The Morgan fingerprint density at radius 2 is 2.50 bits per heavy atom. The molecular formula is C11H14N2O. The quantitative estimate of drug-likeness (QED) is 0.717. The fourth-order valence-electron chi connectivity index (χ4n) is 1.94. The van der Waals surface area contributed by atoms with Gasteiger partial charge in [0.1, 0.15) is 0 Å². The number of piperidine rings is 1. The van der Waals surface area contributed by atoms with Crippen LogP contribution in [0.1, 0.15) is 24.8 Å². The number of furan rings is 1. The normalized spacial score (nSPS) is 23.2. The zero-order chi connectivity index (χ0) is 9.80. The lowest BCUT2D eigenvalue weighted by atomic mass is 10.0. The monoisotopic (exact) mass is 190 g/mol. The van der Waals surface area contributed by atoms with Crippen LogP contribution in [0.15, 0.2) is 23.0 Å². The molecule has 1 aromatic rings. The summed E-state index contributed by atoms with van der Waals surface area (Å²) in [5, 5.41) is 8.97. The average molecular weight is 190 g/mol. The first-order valence-corrected chi connectivity index (χ1v) is 5.05. The van der Waals surface area contributed by atoms with E-state index in [1.165, 1.54) is 12.8 Å². The lowest BCUT2D eigenvalue weighted by Gasteiger charge is -2.30. The Hall–Kier alpha value is -1.27. The molecule has 0 radical (unpaired) electrons. The van der Waals surface area contributed by atoms with E-state index in [-0.39, 0.29) is 6.04 Å². The van der Waals surface area contributed by atoms with E-state index in [0.29, 0.717) is 0 Å². The van der Waals surface area contributed by atoms with E-state index in [1.807, 2.05) is 6.07 Å². The minimum Gasteiger partial charge on any atom is -0.472 e. The van der Waals surface area contributed by atoms with Gasteiger partial charge in [0.25, 0.3) is 0 Å². The Morgan fingerprint density at radius 1 is 1.57 bits per heavy atom. The highest BCUT2D eigenvalue weighted by atomic mass is 16.3. The first-order valence-electron chi connectivity index (χ1n) is 5.05. The summed E-state index contributed by atoms with van der Waals surface area (Å²) in [5.74, 6) is 0. The van der Waals surface area contributed by atoms with Crippen molar-refractivity contribution in [1.82, 2.24) is 4.90 Å². The summed E-state index contributed by atoms with van der Waals surface area (Å²) in [7, 11) is 0. The molecule has 1 atom stereocenters. The molecule has 2 rings (SSSR count). The van der Waals surface area contributed by atoms with E-state index in [0.717, 1.165) is 25.1 Å². The van der Waals surface area contributed by atoms with Gasteiger partial charge in [-0.25, -0.2) is 0 Å². The summed E-state index contributed by atoms with van der Waals surface area (Å²) in [6, 6.07) is 4.42. The van der Waals surface area contributed by atoms with E-state index in [1.54, 1.807) is 12.5 Å². The van der Waals surface area contributed by atoms with Crippen molar-refractivity contribution in [2.24, 2.45) is 0 Å². The molecule has 74 valence electrons. The summed E-state index contributed by atoms with van der Waals surface area (Å²) in [6.45, 7) is 1.87. The van der Waals surface area contributed by atoms with Gasteiger partial charge >= 0.3 is 0 Å². The molecule has 0 N–H and O–H groups in total. The lowest BCUT2D eigenvalue weighted by molar-refractivity contribution is 0.176. The first-order chi connectivity index (χ1) is 6.90. The molecule has 0 spiro atoms. The topological polar surface area (TPSA) is 40.2 Å². The molecule has 14 heavy (non-hydrogen) atoms. The Morgan fingerprint density at radius 3 is 3.21 bits per heavy atom. The molecule has 0 bridgehead atoms. The molecule has 2 heterocycles. The third kappa shape index (κ3) is 1.97. The number of hydrogen-bond donors (Lipinski definition) is 0. The van der Waals surface area contributed by atoms with E-state index in [9.17, 15) is 0 Å². The third-order valence-corrected chi connectivity index (χ3v) is 2.73. The van der Waals surface area contributed by atoms with Crippen LogP contribution in [0.5, 0.6) is 0 Å². The SMILES string of the molecule is N#CC1CCCCN1Cc1ccoc1. The summed E-state index contributed by atoms with van der Waals surface area (Å²) < 4.78 is 5.02. The maximum absolute atomic E-state index is 8.97. The Labute approximate surface area is 83.9 Å². The maximum atomic E-state index is 8.97. The largest absolute Gasteiger partial charge is 0.472 e. The van der Waals surface area contributed by atoms with Gasteiger partial charge in [0, 0.05) is 12.1 Å². The van der Waals surface area contributed by atoms with Gasteiger partial charge in [0.15, 0.2) is 0 Å². The van der Waals surface area contributed by atoms with Gasteiger partial charge < -0.3 is 4.42 Å². The summed E-state index contributed by atoms with van der Waals surface area (Å²) >= 11 is 0. The molecule has 0 amide bonds. The standard InChI is InChI=1S/C11H14N2O/c12-7-11-3-1-2-5-13(11)8-10-4-6-14-9-10/h4,6,9,11H,1-3,5,8H2. The van der Waals surface area contributed by atoms with E-state index < -0.39 is 0 Å². The van der Waals surface area contributed by atoms with Crippen LogP contribution in [0.4, 0.5) is 0 Å². The molecule has 3 heteroatoms. The van der Waals surface area contributed by atoms with Crippen LogP contribution in [-0.4, -0.2) is 17.5 Å². The molecule has 0 aromatic carbocycles. The molecule has 1 fully saturated rings. The van der Waals surface area contributed by atoms with Crippen molar-refractivity contribution >= 4 is 0 Å². The maximum Gasteiger partial charge on any atom is 0.0980 e. The van der Waals surface area contributed by atoms with Crippen LogP contribution < -0.4 is 0 Å². The van der Waals surface area contributed by atoms with Crippen molar-refractivity contribution in [3.8, 4) is 6.07 Å². The van der Waals surface area contributed by atoms with Crippen molar-refractivity contribution in [1.29, 1.82) is 5.26 Å². The number of nitrogens with zero attached hydrogens (tertiary/aromatic N) is 2. The summed E-state index contributed by atoms with van der Waals surface area (Å²) in [4.78, 5) is 2.23. The van der Waals surface area contributed by atoms with Crippen LogP contribution in [0, 0.1) is 11.3 Å². The highest BCUT2D eigenvalue weighted by molar-refractivity contribution is 5.07. The van der Waals surface area contributed by atoms with Gasteiger partial charge in [-0.2, -0.15) is 5.26 Å². The molecule has 1 saturated heterocycles. The predicted molar refractivity (Wildman–Crippen MR) is 52.4 cm³/mol. The second-order valence-electron chi connectivity index (χ2n) is 3.74. The third-order valence-electron chi connectivity index (χ3n) is 2.73. The van der Waals surface area contributed by atoms with Crippen molar-refractivity contribution in [2.45, 2.75) is 31.8 Å². The van der Waals surface area contributed by atoms with Gasteiger partial charge in [-0.1, -0.05) is 0 Å². The van der Waals surface area contributed by atoms with Crippen molar-refractivity contribution < 1.29 is 4.42 Å². The van der Waals surface area contributed by atoms with Gasteiger partial charge in [-0.3, -0.25) is 4.90 Å². The highest BCUT2D eigenvalue weighted by Crippen LogP contribution is 2.18. The number of nitriles is 1. The van der Waals surface area contributed by atoms with Crippen LogP contribution in [0.25, 0.3) is 0 Å². The number of rotatable bonds is 2. The molecule has 0 saturated carbocycles. The predicted octanol–water partition coefficient (Wildman–Crippen LogP) is 2.16. The number of likely N-dealkylation sites (tertiary alicyclic amines) is 1. The zero-order valence-electron chi connectivity index (χ0n) is 8.15. The molecule has 1 aromatic heterocycles. The molecule has 1 unspecified atom stereocenters. The lowest BCUT2D eigenvalue weighted by Crippen LogP contribution is -2.37. The molecule has 0 aliphatic carbocycles. The van der Waals surface area contributed by atoms with Crippen LogP contribution >= 0.6 is 0 Å². The minimum absolute atomic E-state index is 0.0960. The molecular weight excluding hydrogens is 176 g/mol. The van der Waals surface area contributed by atoms with Gasteiger partial charge in [0.05, 0.1) is 24.6 Å². The van der Waals surface area contributed by atoms with Crippen LogP contribution in [0.3, 0.4) is 0 Å². The zero-order valence-corrected chi connectivity index (χ0v) is 8.15. The average Bonchev–Trinajstić information content (AvgIpc) is 2.71. The Bertz CT molecular complexity index is 313. The van der Waals surface area contributed by atoms with Crippen molar-refractivity contribution in [3.05, 3.63) is 24.2 Å². The van der Waals surface area contributed by atoms with Crippen LogP contribution in [0.2, 0.25) is 0 Å². The molecule has 3 nitrogen and oxygen atoms in total. The number of hydrogen-bond acceptors (Lipinski definition) is 3. The fraction of sp³-hybridized carbons (Fsp3) is 0.545. The smallest absolute Gasteiger partial charge is 0.0980 e. The highest BCUT2D eigenvalue weighted by Gasteiger charge is 2.21. The Kier molecular flexibility index (Phi) is 2.85. The van der Waals surface area contributed by atoms with Crippen molar-refractivity contribution in [3.63, 3.8) is 0 Å². The van der Waals surface area contributed by atoms with E-state index >= 15 is 0 Å². The second kappa shape index (κ2) is 4.30. The minimum atomic E-state index is 0.0960. The van der Waals surface area contributed by atoms with Gasteiger partial charge in [0.2, 0.25) is 0 Å². The van der Waals surface area contributed by atoms with Gasteiger partial charge in [-0.15, -0.1) is 0 Å². The van der Waals surface area contributed by atoms with E-state index in [4.69, 9.17) is 9.68 Å². The van der Waals surface area contributed by atoms with Crippen LogP contribution in [-0.2, 0) is 6.54 Å². The van der Waals surface area contributed by atoms with Crippen molar-refractivity contribution in [2.75, 3.05) is 6.54 Å². The summed E-state index contributed by atoms with van der Waals surface area (Å²) in [6.07, 6.45) is 6.83. The summed E-state index contributed by atoms with van der Waals surface area (Å²) in [5.41, 5.74) is 1.16. The molecule has 1 aliphatic rings. The van der Waals surface area contributed by atoms with Gasteiger partial charge in [-0.05, 0) is 31.9 Å². The molecule has 1 aliphatic heterocycles. The van der Waals surface area contributed by atoms with E-state index in [2.05, 4.69) is 11.0 Å².